The van der Waals surface area contributed by atoms with Crippen LogP contribution in [0.1, 0.15) is 13.3 Å². The van der Waals surface area contributed by atoms with Crippen molar-refractivity contribution >= 4 is 50.2 Å². The fraction of sp³-hybridized carbons (Fsp3) is 0.238. The Kier molecular flexibility index (Phi) is 7.07. The summed E-state index contributed by atoms with van der Waals surface area (Å²) in [5.74, 6) is -0.134. The van der Waals surface area contributed by atoms with Crippen LogP contribution in [0.4, 0.5) is 5.69 Å². The largest absolute Gasteiger partial charge is 0.298 e. The van der Waals surface area contributed by atoms with E-state index in [4.69, 9.17) is 5.26 Å². The molecule has 0 atom stereocenters. The molecule has 3 aromatic rings. The van der Waals surface area contributed by atoms with Gasteiger partial charge in [-0.2, -0.15) is 5.26 Å². The number of anilines is 1. The van der Waals surface area contributed by atoms with Crippen molar-refractivity contribution < 1.29 is 4.79 Å². The number of hydrogen-bond acceptors (Lipinski definition) is 5. The molecular formula is C21H19BrN4O2S. The Morgan fingerprint density at radius 3 is 2.72 bits per heavy atom. The number of thioether (sulfide) groups is 1. The van der Waals surface area contributed by atoms with Gasteiger partial charge in [-0.25, -0.2) is 4.98 Å². The second-order valence-corrected chi connectivity index (χ2v) is 8.13. The summed E-state index contributed by atoms with van der Waals surface area (Å²) in [6.45, 7) is 2.47. The third kappa shape index (κ3) is 4.86. The number of nitrogens with zero attached hydrogens (tertiary/aromatic N) is 4. The predicted molar refractivity (Wildman–Crippen MR) is 119 cm³/mol. The molecule has 0 spiro atoms. The summed E-state index contributed by atoms with van der Waals surface area (Å²) in [4.78, 5) is 31.8. The Morgan fingerprint density at radius 1 is 1.28 bits per heavy atom. The number of halogens is 1. The second kappa shape index (κ2) is 9.72. The first kappa shape index (κ1) is 21.1. The molecule has 6 nitrogen and oxygen atoms in total. The maximum atomic E-state index is 12.9. The molecule has 148 valence electrons. The average Bonchev–Trinajstić information content (AvgIpc) is 2.73. The van der Waals surface area contributed by atoms with E-state index in [1.807, 2.05) is 37.3 Å². The molecule has 29 heavy (non-hydrogen) atoms. The van der Waals surface area contributed by atoms with Gasteiger partial charge in [-0.15, -0.1) is 0 Å². The number of nitriles is 1. The quantitative estimate of drug-likeness (QED) is 0.293. The van der Waals surface area contributed by atoms with Gasteiger partial charge in [0.05, 0.1) is 22.7 Å². The molecule has 1 heterocycles. The number of fused-ring (bicyclic) bond motifs is 1. The normalized spacial score (nSPS) is 10.7. The minimum atomic E-state index is -0.212. The van der Waals surface area contributed by atoms with E-state index >= 15 is 0 Å². The number of benzene rings is 2. The van der Waals surface area contributed by atoms with E-state index in [0.29, 0.717) is 28.3 Å². The number of carbonyl (C=O) groups excluding carboxylic acids is 1. The van der Waals surface area contributed by atoms with Gasteiger partial charge in [-0.1, -0.05) is 52.8 Å². The Balaban J connectivity index is 1.90. The smallest absolute Gasteiger partial charge is 0.262 e. The Labute approximate surface area is 181 Å². The van der Waals surface area contributed by atoms with Crippen LogP contribution in [0.2, 0.25) is 0 Å². The summed E-state index contributed by atoms with van der Waals surface area (Å²) >= 11 is 4.61. The Hall–Kier alpha value is -2.63. The highest BCUT2D eigenvalue weighted by atomic mass is 79.9. The van der Waals surface area contributed by atoms with Gasteiger partial charge in [-0.05, 0) is 36.8 Å². The molecule has 0 bridgehead atoms. The first-order valence-electron chi connectivity index (χ1n) is 9.10. The summed E-state index contributed by atoms with van der Waals surface area (Å²) < 4.78 is 2.43. The SMILES string of the molecule is CCCn1c(SCC(=O)N(CC#N)c2ccccc2)nc2ccc(Br)cc2c1=O. The molecule has 1 aromatic heterocycles. The first-order chi connectivity index (χ1) is 14.0. The zero-order valence-corrected chi connectivity index (χ0v) is 18.2. The predicted octanol–water partition coefficient (Wildman–Crippen LogP) is 4.22. The van der Waals surface area contributed by atoms with Crippen molar-refractivity contribution in [2.24, 2.45) is 0 Å². The second-order valence-electron chi connectivity index (χ2n) is 6.27. The number of hydrogen-bond donors (Lipinski definition) is 0. The van der Waals surface area contributed by atoms with Crippen molar-refractivity contribution in [2.75, 3.05) is 17.2 Å². The van der Waals surface area contributed by atoms with Crippen LogP contribution in [0.15, 0.2) is 63.0 Å². The number of carbonyl (C=O) groups is 1. The van der Waals surface area contributed by atoms with E-state index in [0.717, 1.165) is 10.9 Å². The number of aromatic nitrogens is 2. The summed E-state index contributed by atoms with van der Waals surface area (Å²) in [5, 5.41) is 10.2. The lowest BCUT2D eigenvalue weighted by molar-refractivity contribution is -0.116. The molecule has 8 heteroatoms. The number of para-hydroxylation sites is 1. The number of rotatable bonds is 7. The molecule has 0 aliphatic heterocycles. The van der Waals surface area contributed by atoms with Crippen molar-refractivity contribution in [1.82, 2.24) is 9.55 Å². The molecule has 0 aliphatic carbocycles. The van der Waals surface area contributed by atoms with Crippen LogP contribution in [0, 0.1) is 11.3 Å². The van der Waals surface area contributed by atoms with Crippen LogP contribution < -0.4 is 10.5 Å². The van der Waals surface area contributed by atoms with E-state index < -0.39 is 0 Å². The van der Waals surface area contributed by atoms with Gasteiger partial charge >= 0.3 is 0 Å². The molecule has 0 aliphatic rings. The average molecular weight is 471 g/mol. The first-order valence-corrected chi connectivity index (χ1v) is 10.9. The van der Waals surface area contributed by atoms with Crippen LogP contribution in [0.5, 0.6) is 0 Å². The molecule has 0 fully saturated rings. The maximum absolute atomic E-state index is 12.9. The van der Waals surface area contributed by atoms with Crippen LogP contribution in [0.3, 0.4) is 0 Å². The van der Waals surface area contributed by atoms with Crippen molar-refractivity contribution in [2.45, 2.75) is 25.0 Å². The van der Waals surface area contributed by atoms with E-state index in [1.165, 1.54) is 16.7 Å². The lowest BCUT2D eigenvalue weighted by Crippen LogP contribution is -2.33. The highest BCUT2D eigenvalue weighted by Gasteiger charge is 2.18. The van der Waals surface area contributed by atoms with Crippen LogP contribution >= 0.6 is 27.7 Å². The zero-order chi connectivity index (χ0) is 20.8. The molecule has 2 aromatic carbocycles. The minimum absolute atomic E-state index is 0.0374. The van der Waals surface area contributed by atoms with Gasteiger partial charge in [-0.3, -0.25) is 19.1 Å². The van der Waals surface area contributed by atoms with E-state index in [-0.39, 0.29) is 23.8 Å². The summed E-state index contributed by atoms with van der Waals surface area (Å²) in [7, 11) is 0. The van der Waals surface area contributed by atoms with Crippen LogP contribution in [-0.2, 0) is 11.3 Å². The maximum Gasteiger partial charge on any atom is 0.262 e. The summed E-state index contributed by atoms with van der Waals surface area (Å²) in [6.07, 6.45) is 0.771. The third-order valence-electron chi connectivity index (χ3n) is 4.25. The van der Waals surface area contributed by atoms with Gasteiger partial charge < -0.3 is 0 Å². The highest BCUT2D eigenvalue weighted by Crippen LogP contribution is 2.22. The Morgan fingerprint density at radius 2 is 2.03 bits per heavy atom. The summed E-state index contributed by atoms with van der Waals surface area (Å²) in [5.41, 5.74) is 1.14. The molecule has 0 N–H and O–H groups in total. The molecular weight excluding hydrogens is 452 g/mol. The number of amides is 1. The fourth-order valence-corrected chi connectivity index (χ4v) is 4.17. The zero-order valence-electron chi connectivity index (χ0n) is 15.8. The van der Waals surface area contributed by atoms with Crippen molar-refractivity contribution in [3.05, 3.63) is 63.4 Å². The van der Waals surface area contributed by atoms with Gasteiger partial charge in [0.2, 0.25) is 5.91 Å². The van der Waals surface area contributed by atoms with Crippen molar-refractivity contribution in [1.29, 1.82) is 5.26 Å². The summed E-state index contributed by atoms with van der Waals surface area (Å²) in [6, 6.07) is 16.5. The van der Waals surface area contributed by atoms with E-state index in [9.17, 15) is 9.59 Å². The molecule has 0 saturated heterocycles. The van der Waals surface area contributed by atoms with Gasteiger partial charge in [0.1, 0.15) is 6.54 Å². The molecule has 0 saturated carbocycles. The van der Waals surface area contributed by atoms with Gasteiger partial charge in [0, 0.05) is 16.7 Å². The molecule has 3 rings (SSSR count). The standard InChI is InChI=1S/C21H19BrN4O2S/c1-2-11-26-20(28)17-13-15(22)8-9-18(17)24-21(26)29-14-19(27)25(12-10-23)16-6-4-3-5-7-16/h3-9,13H,2,11-12,14H2,1H3. The minimum Gasteiger partial charge on any atom is -0.298 e. The Bertz CT molecular complexity index is 1130. The fourth-order valence-electron chi connectivity index (χ4n) is 2.91. The lowest BCUT2D eigenvalue weighted by Gasteiger charge is -2.20. The molecule has 1 amide bonds. The lowest BCUT2D eigenvalue weighted by atomic mass is 10.2. The van der Waals surface area contributed by atoms with Gasteiger partial charge in [0.25, 0.3) is 5.56 Å². The molecule has 0 radical (unpaired) electrons. The van der Waals surface area contributed by atoms with Crippen LogP contribution in [-0.4, -0.2) is 27.8 Å². The topological polar surface area (TPSA) is 79.0 Å². The van der Waals surface area contributed by atoms with E-state index in [2.05, 4.69) is 20.9 Å². The third-order valence-corrected chi connectivity index (χ3v) is 5.71. The molecule has 0 unspecified atom stereocenters. The van der Waals surface area contributed by atoms with E-state index in [1.54, 1.807) is 28.8 Å². The monoisotopic (exact) mass is 470 g/mol. The van der Waals surface area contributed by atoms with Crippen molar-refractivity contribution in [3.63, 3.8) is 0 Å². The van der Waals surface area contributed by atoms with Crippen LogP contribution in [0.25, 0.3) is 10.9 Å². The highest BCUT2D eigenvalue weighted by molar-refractivity contribution is 9.10. The van der Waals surface area contributed by atoms with Gasteiger partial charge in [0.15, 0.2) is 5.16 Å². The van der Waals surface area contributed by atoms with Crippen molar-refractivity contribution in [3.8, 4) is 6.07 Å².